The van der Waals surface area contributed by atoms with Crippen LogP contribution in [0.3, 0.4) is 0 Å². The molecular weight excluding hydrogens is 358 g/mol. The molecule has 0 aliphatic carbocycles. The van der Waals surface area contributed by atoms with E-state index < -0.39 is 10.4 Å². The van der Waals surface area contributed by atoms with E-state index in [0.717, 1.165) is 44.9 Å². The third-order valence-corrected chi connectivity index (χ3v) is 7.92. The monoisotopic (exact) mass is 391 g/mol. The van der Waals surface area contributed by atoms with Gasteiger partial charge in [-0.2, -0.15) is 0 Å². The fourth-order valence-electron chi connectivity index (χ4n) is 5.37. The lowest BCUT2D eigenvalue weighted by atomic mass is 9.74. The molecule has 3 aliphatic heterocycles. The van der Waals surface area contributed by atoms with E-state index in [2.05, 4.69) is 28.4 Å². The van der Waals surface area contributed by atoms with Crippen LogP contribution in [-0.2, 0) is 27.6 Å². The van der Waals surface area contributed by atoms with Crippen molar-refractivity contribution in [1.82, 2.24) is 14.5 Å². The number of nitrogens with zero attached hydrogens (tertiary/aromatic N) is 2. The first-order valence-electron chi connectivity index (χ1n) is 10.4. The maximum atomic E-state index is 12.5. The van der Waals surface area contributed by atoms with Gasteiger partial charge in [-0.1, -0.05) is 28.5 Å². The third-order valence-electron chi connectivity index (χ3n) is 6.73. The lowest BCUT2D eigenvalue weighted by Crippen LogP contribution is -2.52. The predicted molar refractivity (Wildman–Crippen MR) is 109 cm³/mol. The van der Waals surface area contributed by atoms with Crippen molar-refractivity contribution in [2.75, 3.05) is 45.5 Å². The number of hydrogen-bond acceptors (Lipinski definition) is 4. The lowest BCUT2D eigenvalue weighted by molar-refractivity contribution is 0.0568. The van der Waals surface area contributed by atoms with Crippen molar-refractivity contribution in [3.8, 4) is 0 Å². The number of fused-ring (bicyclic) bond motifs is 1. The largest absolute Gasteiger partial charge is 0.598 e. The molecule has 1 aromatic carbocycles. The summed E-state index contributed by atoms with van der Waals surface area (Å²) in [5.74, 6) is 0.783. The normalized spacial score (nSPS) is 30.6. The Kier molecular flexibility index (Phi) is 5.72. The van der Waals surface area contributed by atoms with Gasteiger partial charge >= 0.3 is 0 Å². The van der Waals surface area contributed by atoms with Crippen LogP contribution in [0.25, 0.3) is 0 Å². The van der Waals surface area contributed by atoms with Gasteiger partial charge in [-0.15, -0.1) is 4.31 Å². The highest BCUT2D eigenvalue weighted by Gasteiger charge is 2.43. The van der Waals surface area contributed by atoms with Crippen molar-refractivity contribution in [2.24, 2.45) is 11.3 Å². The summed E-state index contributed by atoms with van der Waals surface area (Å²) in [6.07, 6.45) is 7.19. The van der Waals surface area contributed by atoms with E-state index in [1.165, 1.54) is 43.2 Å². The Morgan fingerprint density at radius 2 is 1.96 bits per heavy atom. The molecule has 1 spiro atoms. The van der Waals surface area contributed by atoms with Crippen LogP contribution in [0.5, 0.6) is 0 Å². The van der Waals surface area contributed by atoms with Crippen LogP contribution in [0.15, 0.2) is 24.3 Å². The SMILES string of the molecule is C[S+](=O)([O-])N1Cc2ccccc2CC2(CCCN(CC3CCNCC3)C2)C1. The van der Waals surface area contributed by atoms with Gasteiger partial charge < -0.3 is 14.8 Å². The minimum absolute atomic E-state index is 0.0425. The van der Waals surface area contributed by atoms with E-state index in [4.69, 9.17) is 0 Å². The van der Waals surface area contributed by atoms with Gasteiger partial charge in [0.25, 0.3) is 0 Å². The second-order valence-electron chi connectivity index (χ2n) is 9.01. The molecule has 27 heavy (non-hydrogen) atoms. The van der Waals surface area contributed by atoms with Crippen molar-refractivity contribution in [3.05, 3.63) is 35.4 Å². The molecule has 5 nitrogen and oxygen atoms in total. The minimum atomic E-state index is -3.21. The fourth-order valence-corrected chi connectivity index (χ4v) is 6.25. The van der Waals surface area contributed by atoms with E-state index in [0.29, 0.717) is 13.1 Å². The number of rotatable bonds is 3. The van der Waals surface area contributed by atoms with E-state index >= 15 is 0 Å². The van der Waals surface area contributed by atoms with Crippen molar-refractivity contribution in [1.29, 1.82) is 0 Å². The molecule has 3 aliphatic rings. The molecule has 0 radical (unpaired) electrons. The van der Waals surface area contributed by atoms with Crippen LogP contribution >= 0.6 is 0 Å². The third kappa shape index (κ3) is 4.62. The molecule has 0 amide bonds. The van der Waals surface area contributed by atoms with Crippen molar-refractivity contribution >= 4 is 10.4 Å². The fraction of sp³-hybridized carbons (Fsp3) is 0.714. The van der Waals surface area contributed by atoms with Gasteiger partial charge in [0.05, 0.1) is 13.1 Å². The predicted octanol–water partition coefficient (Wildman–Crippen LogP) is 2.30. The van der Waals surface area contributed by atoms with E-state index in [-0.39, 0.29) is 5.41 Å². The summed E-state index contributed by atoms with van der Waals surface area (Å²) in [6, 6.07) is 8.43. The highest BCUT2D eigenvalue weighted by molar-refractivity contribution is 7.94. The van der Waals surface area contributed by atoms with E-state index in [9.17, 15) is 8.76 Å². The first-order valence-corrected chi connectivity index (χ1v) is 12.2. The molecule has 0 saturated carbocycles. The van der Waals surface area contributed by atoms with Crippen molar-refractivity contribution < 1.29 is 8.76 Å². The molecule has 2 fully saturated rings. The maximum absolute atomic E-state index is 12.5. The molecule has 6 heteroatoms. The summed E-state index contributed by atoms with van der Waals surface area (Å²) in [4.78, 5) is 2.63. The summed E-state index contributed by atoms with van der Waals surface area (Å²) in [7, 11) is -3.21. The Hall–Kier alpha value is -0.790. The Bertz CT molecular complexity index is 700. The first-order chi connectivity index (χ1) is 12.9. The van der Waals surface area contributed by atoms with Gasteiger partial charge in [0, 0.05) is 18.5 Å². The molecule has 0 aromatic heterocycles. The van der Waals surface area contributed by atoms with Crippen LogP contribution in [0.1, 0.15) is 36.8 Å². The van der Waals surface area contributed by atoms with Gasteiger partial charge in [0.1, 0.15) is 16.7 Å². The Labute approximate surface area is 164 Å². The Morgan fingerprint density at radius 1 is 1.22 bits per heavy atom. The molecule has 2 saturated heterocycles. The van der Waals surface area contributed by atoms with Crippen molar-refractivity contribution in [3.63, 3.8) is 0 Å². The average Bonchev–Trinajstić information content (AvgIpc) is 2.79. The standard InChI is InChI=1S/C21H33N3O2S/c1-27(25,26)24-15-20-6-3-2-5-19(20)13-21(17-24)9-4-12-23(16-21)14-18-7-10-22-11-8-18/h2-3,5-6,18,22H,4,7-17H2,1H3. The number of nitrogens with one attached hydrogen (secondary N) is 1. The molecule has 2 atom stereocenters. The minimum Gasteiger partial charge on any atom is -0.598 e. The molecule has 1 N–H and O–H groups in total. The zero-order valence-corrected chi connectivity index (χ0v) is 17.3. The molecular formula is C21H33N3O2S. The van der Waals surface area contributed by atoms with Crippen LogP contribution in [-0.4, -0.2) is 59.3 Å². The number of hydrogen-bond donors (Lipinski definition) is 1. The van der Waals surface area contributed by atoms with E-state index in [1.807, 2.05) is 6.07 Å². The van der Waals surface area contributed by atoms with Gasteiger partial charge in [-0.05, 0) is 68.8 Å². The molecule has 3 heterocycles. The zero-order valence-electron chi connectivity index (χ0n) is 16.5. The van der Waals surface area contributed by atoms with Gasteiger partial charge in [-0.3, -0.25) is 0 Å². The lowest BCUT2D eigenvalue weighted by Gasteiger charge is -2.45. The number of benzene rings is 1. The quantitative estimate of drug-likeness (QED) is 0.804. The zero-order chi connectivity index (χ0) is 18.9. The summed E-state index contributed by atoms with van der Waals surface area (Å²) in [6.45, 7) is 6.81. The van der Waals surface area contributed by atoms with Gasteiger partial charge in [0.2, 0.25) is 0 Å². The second kappa shape index (κ2) is 7.91. The summed E-state index contributed by atoms with van der Waals surface area (Å²) in [5.41, 5.74) is 2.56. The Morgan fingerprint density at radius 3 is 2.70 bits per heavy atom. The first kappa shape index (κ1) is 19.5. The summed E-state index contributed by atoms with van der Waals surface area (Å²) in [5, 5.41) is 3.46. The smallest absolute Gasteiger partial charge is 0.122 e. The van der Waals surface area contributed by atoms with Crippen LogP contribution in [0, 0.1) is 11.3 Å². The molecule has 1 aromatic rings. The Balaban J connectivity index is 1.56. The summed E-state index contributed by atoms with van der Waals surface area (Å²) >= 11 is 0. The number of sulfonamides is 1. The number of piperidine rings is 2. The van der Waals surface area contributed by atoms with Gasteiger partial charge in [-0.25, -0.2) is 0 Å². The van der Waals surface area contributed by atoms with Crippen LogP contribution in [0.2, 0.25) is 0 Å². The molecule has 0 bridgehead atoms. The molecule has 150 valence electrons. The van der Waals surface area contributed by atoms with Crippen LogP contribution in [0.4, 0.5) is 0 Å². The second-order valence-corrected chi connectivity index (χ2v) is 11.0. The maximum Gasteiger partial charge on any atom is 0.122 e. The highest BCUT2D eigenvalue weighted by atomic mass is 32.3. The summed E-state index contributed by atoms with van der Waals surface area (Å²) < 4.78 is 26.7. The topological polar surface area (TPSA) is 58.6 Å². The highest BCUT2D eigenvalue weighted by Crippen LogP contribution is 2.39. The number of likely N-dealkylation sites (tertiary alicyclic amines) is 1. The molecule has 4 rings (SSSR count). The van der Waals surface area contributed by atoms with Gasteiger partial charge in [0.15, 0.2) is 0 Å². The average molecular weight is 392 g/mol. The molecule has 2 unspecified atom stereocenters. The van der Waals surface area contributed by atoms with E-state index in [1.54, 1.807) is 4.31 Å². The van der Waals surface area contributed by atoms with Crippen LogP contribution < -0.4 is 5.32 Å². The van der Waals surface area contributed by atoms with Crippen molar-refractivity contribution in [2.45, 2.75) is 38.6 Å².